The fraction of sp³-hybridized carbons (Fsp3) is 0.500. The van der Waals surface area contributed by atoms with Crippen LogP contribution in [0.15, 0.2) is 54.6 Å². The van der Waals surface area contributed by atoms with Crippen LogP contribution in [0.4, 0.5) is 5.69 Å². The summed E-state index contributed by atoms with van der Waals surface area (Å²) in [6.45, 7) is 6.43. The second-order valence-corrected chi connectivity index (χ2v) is 11.7. The first kappa shape index (κ1) is 31.4. The molecule has 0 unspecified atom stereocenters. The average molecular weight is 572 g/mol. The fourth-order valence-electron chi connectivity index (χ4n) is 5.52. The van der Waals surface area contributed by atoms with Crippen molar-refractivity contribution < 1.29 is 14.3 Å². The van der Waals surface area contributed by atoms with E-state index in [1.165, 1.54) is 35.2 Å². The second kappa shape index (κ2) is 16.8. The van der Waals surface area contributed by atoms with E-state index in [0.717, 1.165) is 74.7 Å². The van der Waals surface area contributed by atoms with Gasteiger partial charge in [-0.2, -0.15) is 0 Å². The molecule has 0 saturated carbocycles. The Labute approximate surface area is 252 Å². The molecule has 0 aliphatic heterocycles. The summed E-state index contributed by atoms with van der Waals surface area (Å²) in [5.41, 5.74) is 6.09. The largest absolute Gasteiger partial charge is 0.493 e. The van der Waals surface area contributed by atoms with Crippen LogP contribution < -0.4 is 20.1 Å². The van der Waals surface area contributed by atoms with Crippen molar-refractivity contribution in [2.75, 3.05) is 25.6 Å². The van der Waals surface area contributed by atoms with Crippen LogP contribution >= 0.6 is 0 Å². The van der Waals surface area contributed by atoms with Crippen LogP contribution in [0.5, 0.6) is 11.5 Å². The molecule has 2 N–H and O–H groups in total. The molecule has 226 valence electrons. The van der Waals surface area contributed by atoms with Crippen molar-refractivity contribution in [1.29, 1.82) is 0 Å². The molecule has 6 heteroatoms. The third-order valence-corrected chi connectivity index (χ3v) is 7.81. The highest BCUT2D eigenvalue weighted by molar-refractivity contribution is 5.93. The lowest BCUT2D eigenvalue weighted by molar-refractivity contribution is -0.121. The molecule has 2 aromatic carbocycles. The summed E-state index contributed by atoms with van der Waals surface area (Å²) >= 11 is 0. The summed E-state index contributed by atoms with van der Waals surface area (Å²) in [5.74, 6) is 2.12. The van der Waals surface area contributed by atoms with E-state index in [4.69, 9.17) is 14.5 Å². The van der Waals surface area contributed by atoms with Crippen molar-refractivity contribution in [3.8, 4) is 11.5 Å². The number of fused-ring (bicyclic) bond motifs is 2. The van der Waals surface area contributed by atoms with Gasteiger partial charge in [-0.3, -0.25) is 9.78 Å². The summed E-state index contributed by atoms with van der Waals surface area (Å²) in [5, 5.41) is 8.02. The maximum absolute atomic E-state index is 12.2. The summed E-state index contributed by atoms with van der Waals surface area (Å²) in [4.78, 5) is 17.2. The van der Waals surface area contributed by atoms with Gasteiger partial charge in [-0.15, -0.1) is 0 Å². The van der Waals surface area contributed by atoms with Gasteiger partial charge in [-0.1, -0.05) is 50.3 Å². The number of aromatic nitrogens is 1. The molecule has 0 spiro atoms. The number of allylic oxidation sites excluding steroid dienone is 2. The lowest BCUT2D eigenvalue weighted by Gasteiger charge is -2.21. The van der Waals surface area contributed by atoms with Gasteiger partial charge in [0.1, 0.15) is 0 Å². The van der Waals surface area contributed by atoms with E-state index in [0.29, 0.717) is 31.2 Å². The highest BCUT2D eigenvalue weighted by Gasteiger charge is 2.17. The minimum atomic E-state index is 0.0913. The molecule has 1 aromatic heterocycles. The zero-order chi connectivity index (χ0) is 29.6. The number of para-hydroxylation sites is 1. The Morgan fingerprint density at radius 3 is 2.71 bits per heavy atom. The molecule has 6 nitrogen and oxygen atoms in total. The molecule has 1 aliphatic carbocycles. The monoisotopic (exact) mass is 571 g/mol. The van der Waals surface area contributed by atoms with Crippen LogP contribution in [0.2, 0.25) is 0 Å². The Bertz CT molecular complexity index is 1320. The van der Waals surface area contributed by atoms with Crippen molar-refractivity contribution in [1.82, 2.24) is 10.3 Å². The number of benzene rings is 2. The van der Waals surface area contributed by atoms with Crippen molar-refractivity contribution in [3.63, 3.8) is 0 Å². The SMILES string of the molecule is COc1cc(CNC(=O)CCCC/C=C/C(C)C)ccc1OCCCCCNc1c2c(nc3ccccc13)CCCC2. The molecule has 3 aromatic rings. The van der Waals surface area contributed by atoms with Gasteiger partial charge in [0.25, 0.3) is 0 Å². The van der Waals surface area contributed by atoms with E-state index in [-0.39, 0.29) is 5.91 Å². The molecule has 0 bridgehead atoms. The average Bonchev–Trinajstić information content (AvgIpc) is 3.00. The summed E-state index contributed by atoms with van der Waals surface area (Å²) in [6, 6.07) is 14.4. The van der Waals surface area contributed by atoms with E-state index in [1.807, 2.05) is 18.2 Å². The van der Waals surface area contributed by atoms with Crippen molar-refractivity contribution >= 4 is 22.5 Å². The highest BCUT2D eigenvalue weighted by Crippen LogP contribution is 2.33. The first-order valence-corrected chi connectivity index (χ1v) is 15.9. The first-order valence-electron chi connectivity index (χ1n) is 15.9. The molecular weight excluding hydrogens is 522 g/mol. The normalized spacial score (nSPS) is 13.0. The van der Waals surface area contributed by atoms with Gasteiger partial charge in [0.05, 0.1) is 19.2 Å². The van der Waals surface area contributed by atoms with Gasteiger partial charge >= 0.3 is 0 Å². The molecule has 0 atom stereocenters. The smallest absolute Gasteiger partial charge is 0.220 e. The van der Waals surface area contributed by atoms with Crippen molar-refractivity contribution in [2.45, 2.75) is 91.0 Å². The lowest BCUT2D eigenvalue weighted by Crippen LogP contribution is -2.22. The first-order chi connectivity index (χ1) is 20.5. The number of pyridine rings is 1. The van der Waals surface area contributed by atoms with Gasteiger partial charge in [0.15, 0.2) is 11.5 Å². The van der Waals surface area contributed by atoms with Crippen LogP contribution in [0, 0.1) is 5.92 Å². The van der Waals surface area contributed by atoms with Gasteiger partial charge in [0, 0.05) is 36.3 Å². The molecule has 0 saturated heterocycles. The standard InChI is InChI=1S/C36H49N3O3/c1-27(2)15-7-4-5-8-20-35(40)38-26-28-21-22-33(34(25-28)41-3)42-24-14-6-13-23-37-36-29-16-9-11-18-31(29)39-32-19-12-10-17-30(32)36/h7,9,11,15-16,18,21-22,25,27H,4-6,8,10,12-14,17,19-20,23-24,26H2,1-3H3,(H,37,39)(H,38,40)/b15-7+. The number of carbonyl (C=O) groups excluding carboxylic acids is 1. The predicted octanol–water partition coefficient (Wildman–Crippen LogP) is 8.17. The van der Waals surface area contributed by atoms with Crippen LogP contribution in [0.3, 0.4) is 0 Å². The van der Waals surface area contributed by atoms with Gasteiger partial charge in [-0.25, -0.2) is 0 Å². The number of amides is 1. The van der Waals surface area contributed by atoms with E-state index in [9.17, 15) is 4.79 Å². The third kappa shape index (κ3) is 9.50. The van der Waals surface area contributed by atoms with Crippen LogP contribution in [0.1, 0.15) is 88.5 Å². The molecule has 0 fully saturated rings. The number of aryl methyl sites for hydroxylation is 1. The summed E-state index contributed by atoms with van der Waals surface area (Å²) in [7, 11) is 1.66. The van der Waals surface area contributed by atoms with Gasteiger partial charge in [0.2, 0.25) is 5.91 Å². The number of nitrogens with zero attached hydrogens (tertiary/aromatic N) is 1. The molecule has 1 aliphatic rings. The number of anilines is 1. The fourth-order valence-corrected chi connectivity index (χ4v) is 5.52. The topological polar surface area (TPSA) is 72.5 Å². The minimum absolute atomic E-state index is 0.0913. The molecule has 42 heavy (non-hydrogen) atoms. The third-order valence-electron chi connectivity index (χ3n) is 7.81. The van der Waals surface area contributed by atoms with E-state index < -0.39 is 0 Å². The Morgan fingerprint density at radius 2 is 1.86 bits per heavy atom. The second-order valence-electron chi connectivity index (χ2n) is 11.7. The summed E-state index contributed by atoms with van der Waals surface area (Å²) in [6.07, 6.45) is 15.8. The van der Waals surface area contributed by atoms with Crippen molar-refractivity contribution in [2.24, 2.45) is 5.92 Å². The molecule has 4 rings (SSSR count). The number of ether oxygens (including phenoxy) is 2. The lowest BCUT2D eigenvalue weighted by atomic mass is 9.92. The van der Waals surface area contributed by atoms with E-state index in [2.05, 4.69) is 60.9 Å². The Kier molecular flexibility index (Phi) is 12.6. The van der Waals surface area contributed by atoms with Crippen LogP contribution in [0.25, 0.3) is 10.9 Å². The minimum Gasteiger partial charge on any atom is -0.493 e. The number of hydrogen-bond donors (Lipinski definition) is 2. The Hall–Kier alpha value is -3.54. The van der Waals surface area contributed by atoms with Crippen molar-refractivity contribution in [3.05, 3.63) is 71.4 Å². The maximum Gasteiger partial charge on any atom is 0.220 e. The summed E-state index contributed by atoms with van der Waals surface area (Å²) < 4.78 is 11.6. The van der Waals surface area contributed by atoms with E-state index >= 15 is 0 Å². The quantitative estimate of drug-likeness (QED) is 0.126. The van der Waals surface area contributed by atoms with Crippen LogP contribution in [-0.4, -0.2) is 31.2 Å². The molecule has 0 radical (unpaired) electrons. The highest BCUT2D eigenvalue weighted by atomic mass is 16.5. The Morgan fingerprint density at radius 1 is 1.00 bits per heavy atom. The molecular formula is C36H49N3O3. The Balaban J connectivity index is 1.15. The molecule has 1 heterocycles. The maximum atomic E-state index is 12.2. The number of hydrogen-bond acceptors (Lipinski definition) is 5. The van der Waals surface area contributed by atoms with Crippen LogP contribution in [-0.2, 0) is 24.2 Å². The number of methoxy groups -OCH3 is 1. The number of nitrogens with one attached hydrogen (secondary N) is 2. The van der Waals surface area contributed by atoms with Gasteiger partial charge in [-0.05, 0) is 99.5 Å². The number of rotatable bonds is 17. The van der Waals surface area contributed by atoms with Gasteiger partial charge < -0.3 is 20.1 Å². The van der Waals surface area contributed by atoms with E-state index in [1.54, 1.807) is 7.11 Å². The number of unbranched alkanes of at least 4 members (excludes halogenated alkanes) is 4. The number of carbonyl (C=O) groups is 1. The molecule has 1 amide bonds. The predicted molar refractivity (Wildman–Crippen MR) is 174 cm³/mol. The zero-order valence-corrected chi connectivity index (χ0v) is 25.8. The zero-order valence-electron chi connectivity index (χ0n) is 25.8.